The number of phenolic OH excluding ortho intramolecular Hbond substituents is 3. The summed E-state index contributed by atoms with van der Waals surface area (Å²) < 4.78 is 18.4. The normalized spacial score (nSPS) is 12.3. The van der Waals surface area contributed by atoms with E-state index in [0.717, 1.165) is 111 Å². The summed E-state index contributed by atoms with van der Waals surface area (Å²) in [6, 6.07) is 112. The van der Waals surface area contributed by atoms with Crippen LogP contribution >= 0.6 is 0 Å². The van der Waals surface area contributed by atoms with Gasteiger partial charge in [0.1, 0.15) is 34.5 Å². The maximum atomic E-state index is 11.2. The van der Waals surface area contributed by atoms with Crippen LogP contribution in [0.3, 0.4) is 0 Å². The zero-order valence-electron chi connectivity index (χ0n) is 75.8. The molecule has 0 radical (unpaired) electrons. The number of hydrogen-bond acceptors (Lipinski definition) is 12. The third-order valence-corrected chi connectivity index (χ3v) is 26.5. The molecule has 132 heavy (non-hydrogen) atoms. The fourth-order valence-corrected chi connectivity index (χ4v) is 19.0. The zero-order valence-corrected chi connectivity index (χ0v) is 75.8. The average Bonchev–Trinajstić information content (AvgIpc) is 0.742. The van der Waals surface area contributed by atoms with Crippen LogP contribution in [0.25, 0.3) is 199 Å². The maximum absolute atomic E-state index is 11.2. The van der Waals surface area contributed by atoms with Crippen LogP contribution in [0.15, 0.2) is 328 Å². The highest BCUT2D eigenvalue weighted by Crippen LogP contribution is 2.47. The van der Waals surface area contributed by atoms with Crippen LogP contribution in [0.5, 0.6) is 34.5 Å². The molecule has 0 aliphatic carbocycles. The van der Waals surface area contributed by atoms with E-state index in [1.807, 2.05) is 115 Å². The molecule has 3 aromatic heterocycles. The van der Waals surface area contributed by atoms with Crippen LogP contribution in [-0.4, -0.2) is 65.0 Å². The van der Waals surface area contributed by atoms with Gasteiger partial charge in [-0.2, -0.15) is 0 Å². The van der Waals surface area contributed by atoms with E-state index in [1.54, 1.807) is 18.2 Å². The number of hydrogen-bond donors (Lipinski definition) is 3. The Morgan fingerprint density at radius 1 is 0.227 bits per heavy atom. The standard InChI is InChI=1S/3C40H36N2O2/c1-3-5-10-26(4-2)25-44-31-19-22-34(37(43)23-31)36-24-35(41-40(42-36)30-11-7-6-8-12-30)32-20-17-29-16-15-27-13-9-14-28-18-21-33(32)39(29)38(27)28;1-3-5-10-26(4-2)25-44-31-19-22-34(37(43)23-31)40-41-35(27-11-7-6-8-12-27)24-36(42-40)32-20-17-30-16-15-28-13-9-14-29-18-21-33(32)39(30)38(28)29;1-3-5-10-26(4-2)25-44-31-19-22-34(37(43)23-31)36-24-35(27-11-7-6-8-12-27)41-40(42-36)33-21-18-30-16-15-28-13-9-14-29-17-20-32(33)39(30)38(28)29/h3*6-9,11-24,26,43H,3-5,10,25H2,1-2H3. The molecule has 3 unspecified atom stereocenters. The fourth-order valence-electron chi connectivity index (χ4n) is 19.0. The molecule has 0 aliphatic heterocycles. The Kier molecular flexibility index (Phi) is 25.7. The highest BCUT2D eigenvalue weighted by atomic mass is 16.5. The first kappa shape index (κ1) is 86.5. The van der Waals surface area contributed by atoms with Crippen LogP contribution in [0.2, 0.25) is 0 Å². The second-order valence-electron chi connectivity index (χ2n) is 35.1. The van der Waals surface area contributed by atoms with Crippen molar-refractivity contribution in [1.82, 2.24) is 29.9 Å². The van der Waals surface area contributed by atoms with Gasteiger partial charge in [-0.25, -0.2) is 29.9 Å². The van der Waals surface area contributed by atoms with Gasteiger partial charge in [0, 0.05) is 62.7 Å². The molecule has 0 saturated heterocycles. The summed E-state index contributed by atoms with van der Waals surface area (Å²) in [5.74, 6) is 5.65. The molecule has 3 N–H and O–H groups in total. The molecular formula is C120H108N6O6. The van der Waals surface area contributed by atoms with E-state index in [-0.39, 0.29) is 17.2 Å². The minimum Gasteiger partial charge on any atom is -0.507 e. The Labute approximate surface area is 771 Å². The molecule has 12 nitrogen and oxygen atoms in total. The second kappa shape index (κ2) is 39.2. The minimum absolute atomic E-state index is 0.107. The van der Waals surface area contributed by atoms with Crippen molar-refractivity contribution in [3.8, 4) is 136 Å². The maximum Gasteiger partial charge on any atom is 0.164 e. The molecule has 3 atom stereocenters. The number of rotatable bonds is 30. The number of aromatic hydroxyl groups is 3. The molecule has 0 spiro atoms. The first-order valence-electron chi connectivity index (χ1n) is 47.1. The Balaban J connectivity index is 0.000000128. The lowest BCUT2D eigenvalue weighted by Crippen LogP contribution is -2.11. The molecule has 0 saturated carbocycles. The summed E-state index contributed by atoms with van der Waals surface area (Å²) in [5.41, 5.74) is 12.4. The van der Waals surface area contributed by atoms with Crippen LogP contribution in [0.4, 0.5) is 0 Å². The van der Waals surface area contributed by atoms with Crippen LogP contribution in [0.1, 0.15) is 119 Å². The Hall–Kier alpha value is -14.9. The first-order chi connectivity index (χ1) is 64.9. The van der Waals surface area contributed by atoms with Crippen LogP contribution in [-0.2, 0) is 0 Å². The van der Waals surface area contributed by atoms with E-state index in [1.165, 1.54) is 119 Å². The monoisotopic (exact) mass is 1730 g/mol. The molecule has 21 aromatic rings. The van der Waals surface area contributed by atoms with Crippen molar-refractivity contribution < 1.29 is 29.5 Å². The van der Waals surface area contributed by atoms with Crippen molar-refractivity contribution >= 4 is 97.0 Å². The summed E-state index contributed by atoms with van der Waals surface area (Å²) in [7, 11) is 0. The zero-order chi connectivity index (χ0) is 90.1. The number of nitrogens with zero attached hydrogens (tertiary/aromatic N) is 6. The van der Waals surface area contributed by atoms with Crippen LogP contribution < -0.4 is 14.2 Å². The molecule has 654 valence electrons. The van der Waals surface area contributed by atoms with Crippen molar-refractivity contribution in [3.63, 3.8) is 0 Å². The SMILES string of the molecule is CCCCC(CC)COc1ccc(-c2cc(-c3ccc4ccc5cccc6ccc3c4c56)nc(-c3ccccc3)n2)c(O)c1.CCCCC(CC)COc1ccc(-c2cc(-c3ccccc3)nc(-c3ccc4ccc5cccc6ccc3c4c56)n2)c(O)c1.CCCCC(CC)COc1ccc(-c2nc(-c3ccccc3)cc(-c3ccc4ccc5cccc6ccc3c4c56)n2)c(O)c1. The molecule has 21 rings (SSSR count). The highest BCUT2D eigenvalue weighted by molar-refractivity contribution is 6.28. The lowest BCUT2D eigenvalue weighted by molar-refractivity contribution is 0.232. The molecule has 3 heterocycles. The molecule has 18 aromatic carbocycles. The van der Waals surface area contributed by atoms with Gasteiger partial charge < -0.3 is 29.5 Å². The van der Waals surface area contributed by atoms with Gasteiger partial charge in [-0.1, -0.05) is 348 Å². The third kappa shape index (κ3) is 18.1. The van der Waals surface area contributed by atoms with E-state index in [2.05, 4.69) is 236 Å². The van der Waals surface area contributed by atoms with E-state index in [9.17, 15) is 15.3 Å². The smallest absolute Gasteiger partial charge is 0.164 e. The largest absolute Gasteiger partial charge is 0.507 e. The van der Waals surface area contributed by atoms with Crippen LogP contribution in [0, 0.1) is 17.8 Å². The predicted molar refractivity (Wildman–Crippen MR) is 548 cm³/mol. The molecular weight excluding hydrogens is 1620 g/mol. The lowest BCUT2D eigenvalue weighted by Gasteiger charge is -2.17. The van der Waals surface area contributed by atoms with Gasteiger partial charge in [0.15, 0.2) is 17.5 Å². The van der Waals surface area contributed by atoms with Gasteiger partial charge >= 0.3 is 0 Å². The lowest BCUT2D eigenvalue weighted by atomic mass is 9.91. The summed E-state index contributed by atoms with van der Waals surface area (Å²) in [5, 5.41) is 55.6. The van der Waals surface area contributed by atoms with Gasteiger partial charge in [0.25, 0.3) is 0 Å². The van der Waals surface area contributed by atoms with E-state index < -0.39 is 0 Å². The first-order valence-corrected chi connectivity index (χ1v) is 47.1. The van der Waals surface area contributed by atoms with E-state index >= 15 is 0 Å². The predicted octanol–water partition coefficient (Wildman–Crippen LogP) is 32.0. The second-order valence-corrected chi connectivity index (χ2v) is 35.1. The fraction of sp³-hybridized carbons (Fsp3) is 0.200. The summed E-state index contributed by atoms with van der Waals surface area (Å²) >= 11 is 0. The summed E-state index contributed by atoms with van der Waals surface area (Å²) in [6.45, 7) is 15.2. The summed E-state index contributed by atoms with van der Waals surface area (Å²) in [4.78, 5) is 30.3. The van der Waals surface area contributed by atoms with Gasteiger partial charge in [0.2, 0.25) is 0 Å². The number of aromatic nitrogens is 6. The summed E-state index contributed by atoms with van der Waals surface area (Å²) in [6.07, 6.45) is 13.9. The van der Waals surface area contributed by atoms with Gasteiger partial charge in [-0.3, -0.25) is 0 Å². The third-order valence-electron chi connectivity index (χ3n) is 26.5. The number of ether oxygens (including phenoxy) is 3. The van der Waals surface area contributed by atoms with Gasteiger partial charge in [0.05, 0.1) is 59.5 Å². The number of phenols is 3. The van der Waals surface area contributed by atoms with Crippen molar-refractivity contribution in [2.24, 2.45) is 17.8 Å². The van der Waals surface area contributed by atoms with Gasteiger partial charge in [-0.05, 0) is 195 Å². The van der Waals surface area contributed by atoms with E-state index in [0.29, 0.717) is 100 Å². The van der Waals surface area contributed by atoms with Crippen molar-refractivity contribution in [2.75, 3.05) is 19.8 Å². The molecule has 0 amide bonds. The van der Waals surface area contributed by atoms with Crippen molar-refractivity contribution in [1.29, 1.82) is 0 Å². The molecule has 0 aliphatic rings. The van der Waals surface area contributed by atoms with Crippen molar-refractivity contribution in [2.45, 2.75) is 119 Å². The van der Waals surface area contributed by atoms with Crippen molar-refractivity contribution in [3.05, 3.63) is 328 Å². The Bertz CT molecular complexity index is 6870. The Morgan fingerprint density at radius 3 is 0.833 bits per heavy atom. The molecule has 0 fully saturated rings. The van der Waals surface area contributed by atoms with Gasteiger partial charge in [-0.15, -0.1) is 0 Å². The average molecular weight is 1730 g/mol. The number of unbranched alkanes of at least 4 members (excludes halogenated alkanes) is 3. The highest BCUT2D eigenvalue weighted by Gasteiger charge is 2.25. The topological polar surface area (TPSA) is 166 Å². The Morgan fingerprint density at radius 2 is 0.492 bits per heavy atom. The minimum atomic E-state index is 0.107. The molecule has 12 heteroatoms. The molecule has 0 bridgehead atoms. The number of benzene rings is 18. The quantitative estimate of drug-likeness (QED) is 0.0365. The van der Waals surface area contributed by atoms with E-state index in [4.69, 9.17) is 44.1 Å².